The molecule has 1 fully saturated rings. The standard InChI is InChI=1S/C13H21N3O2/c1-9-7-10(2)16(15-9)8-13(18)14-11-5-3-4-6-12(11)17/h7,11-12,17H,3-6,8H2,1-2H3,(H,14,18). The topological polar surface area (TPSA) is 67.2 Å². The van der Waals surface area contributed by atoms with Crippen LogP contribution in [0.25, 0.3) is 0 Å². The summed E-state index contributed by atoms with van der Waals surface area (Å²) in [6, 6.07) is 1.85. The first-order valence-corrected chi connectivity index (χ1v) is 6.55. The zero-order valence-corrected chi connectivity index (χ0v) is 11.0. The molecule has 18 heavy (non-hydrogen) atoms. The zero-order chi connectivity index (χ0) is 13.1. The highest BCUT2D eigenvalue weighted by molar-refractivity contribution is 5.76. The first-order chi connectivity index (χ1) is 8.56. The molecule has 2 N–H and O–H groups in total. The average Bonchev–Trinajstić information content (AvgIpc) is 2.61. The maximum atomic E-state index is 11.9. The molecule has 2 unspecified atom stereocenters. The summed E-state index contributed by atoms with van der Waals surface area (Å²) in [5.41, 5.74) is 1.89. The number of carbonyl (C=O) groups is 1. The summed E-state index contributed by atoms with van der Waals surface area (Å²) in [4.78, 5) is 11.9. The molecule has 5 heteroatoms. The summed E-state index contributed by atoms with van der Waals surface area (Å²) < 4.78 is 1.69. The number of nitrogens with one attached hydrogen (secondary N) is 1. The number of aryl methyl sites for hydroxylation is 2. The van der Waals surface area contributed by atoms with Gasteiger partial charge in [-0.3, -0.25) is 9.48 Å². The van der Waals surface area contributed by atoms with E-state index in [1.165, 1.54) is 0 Å². The van der Waals surface area contributed by atoms with E-state index in [0.29, 0.717) is 0 Å². The molecule has 1 aliphatic rings. The fourth-order valence-electron chi connectivity index (χ4n) is 2.50. The second-order valence-corrected chi connectivity index (χ2v) is 5.11. The highest BCUT2D eigenvalue weighted by atomic mass is 16.3. The molecule has 2 atom stereocenters. The van der Waals surface area contributed by atoms with Gasteiger partial charge in [-0.1, -0.05) is 12.8 Å². The summed E-state index contributed by atoms with van der Waals surface area (Å²) in [5.74, 6) is -0.0767. The number of hydrogen-bond acceptors (Lipinski definition) is 3. The smallest absolute Gasteiger partial charge is 0.242 e. The molecule has 0 spiro atoms. The average molecular weight is 251 g/mol. The Bertz CT molecular complexity index is 428. The van der Waals surface area contributed by atoms with Crippen LogP contribution in [0.2, 0.25) is 0 Å². The van der Waals surface area contributed by atoms with E-state index in [1.54, 1.807) is 4.68 Å². The maximum absolute atomic E-state index is 11.9. The van der Waals surface area contributed by atoms with E-state index < -0.39 is 6.10 Å². The van der Waals surface area contributed by atoms with E-state index in [-0.39, 0.29) is 18.5 Å². The van der Waals surface area contributed by atoms with Crippen LogP contribution in [-0.2, 0) is 11.3 Å². The highest BCUT2D eigenvalue weighted by Gasteiger charge is 2.24. The number of aromatic nitrogens is 2. The van der Waals surface area contributed by atoms with Crippen molar-refractivity contribution >= 4 is 5.91 Å². The number of amides is 1. The Morgan fingerprint density at radius 2 is 2.22 bits per heavy atom. The van der Waals surface area contributed by atoms with E-state index in [9.17, 15) is 9.90 Å². The first kappa shape index (κ1) is 13.1. The van der Waals surface area contributed by atoms with E-state index in [1.807, 2.05) is 19.9 Å². The van der Waals surface area contributed by atoms with E-state index in [2.05, 4.69) is 10.4 Å². The van der Waals surface area contributed by atoms with Gasteiger partial charge in [-0.15, -0.1) is 0 Å². The molecule has 1 aromatic heterocycles. The van der Waals surface area contributed by atoms with Gasteiger partial charge < -0.3 is 10.4 Å². The van der Waals surface area contributed by atoms with Gasteiger partial charge in [-0.25, -0.2) is 0 Å². The van der Waals surface area contributed by atoms with Gasteiger partial charge in [-0.2, -0.15) is 5.10 Å². The quantitative estimate of drug-likeness (QED) is 0.839. The fraction of sp³-hybridized carbons (Fsp3) is 0.692. The van der Waals surface area contributed by atoms with E-state index in [4.69, 9.17) is 0 Å². The van der Waals surface area contributed by atoms with Crippen molar-refractivity contribution in [2.24, 2.45) is 0 Å². The Kier molecular flexibility index (Phi) is 4.01. The van der Waals surface area contributed by atoms with Crippen LogP contribution in [0.5, 0.6) is 0 Å². The minimum atomic E-state index is -0.400. The van der Waals surface area contributed by atoms with Crippen LogP contribution in [0.1, 0.15) is 37.1 Å². The van der Waals surface area contributed by atoms with Crippen LogP contribution >= 0.6 is 0 Å². The van der Waals surface area contributed by atoms with Crippen LogP contribution in [0.15, 0.2) is 6.07 Å². The molecule has 0 aliphatic heterocycles. The minimum absolute atomic E-state index is 0.0767. The van der Waals surface area contributed by atoms with Crippen molar-refractivity contribution in [1.82, 2.24) is 15.1 Å². The van der Waals surface area contributed by atoms with Crippen molar-refractivity contribution in [3.63, 3.8) is 0 Å². The number of hydrogen-bond donors (Lipinski definition) is 2. The molecular weight excluding hydrogens is 230 g/mol. The molecule has 5 nitrogen and oxygen atoms in total. The fourth-order valence-corrected chi connectivity index (χ4v) is 2.50. The molecule has 2 rings (SSSR count). The number of nitrogens with zero attached hydrogens (tertiary/aromatic N) is 2. The van der Waals surface area contributed by atoms with Crippen molar-refractivity contribution in [2.45, 2.75) is 58.2 Å². The lowest BCUT2D eigenvalue weighted by molar-refractivity contribution is -0.123. The van der Waals surface area contributed by atoms with Crippen molar-refractivity contribution < 1.29 is 9.90 Å². The lowest BCUT2D eigenvalue weighted by Gasteiger charge is -2.28. The molecular formula is C13H21N3O2. The van der Waals surface area contributed by atoms with Crippen molar-refractivity contribution in [1.29, 1.82) is 0 Å². The Hall–Kier alpha value is -1.36. The van der Waals surface area contributed by atoms with Gasteiger partial charge in [0.2, 0.25) is 5.91 Å². The van der Waals surface area contributed by atoms with Gasteiger partial charge >= 0.3 is 0 Å². The summed E-state index contributed by atoms with van der Waals surface area (Å²) in [6.45, 7) is 4.07. The third-order valence-electron chi connectivity index (χ3n) is 3.47. The molecule has 0 saturated heterocycles. The van der Waals surface area contributed by atoms with Gasteiger partial charge in [0.05, 0.1) is 17.8 Å². The second kappa shape index (κ2) is 5.52. The largest absolute Gasteiger partial charge is 0.391 e. The number of carbonyl (C=O) groups excluding carboxylic acids is 1. The van der Waals surface area contributed by atoms with Gasteiger partial charge in [-0.05, 0) is 32.8 Å². The lowest BCUT2D eigenvalue weighted by atomic mass is 9.92. The second-order valence-electron chi connectivity index (χ2n) is 5.11. The van der Waals surface area contributed by atoms with E-state index in [0.717, 1.165) is 37.1 Å². The molecule has 1 heterocycles. The zero-order valence-electron chi connectivity index (χ0n) is 11.0. The number of aliphatic hydroxyl groups is 1. The van der Waals surface area contributed by atoms with Gasteiger partial charge in [0.25, 0.3) is 0 Å². The van der Waals surface area contributed by atoms with Crippen LogP contribution < -0.4 is 5.32 Å². The number of aliphatic hydroxyl groups excluding tert-OH is 1. The monoisotopic (exact) mass is 251 g/mol. The van der Waals surface area contributed by atoms with Crippen LogP contribution in [0.4, 0.5) is 0 Å². The Morgan fingerprint density at radius 3 is 2.83 bits per heavy atom. The normalized spacial score (nSPS) is 23.9. The molecule has 0 bridgehead atoms. The lowest BCUT2D eigenvalue weighted by Crippen LogP contribution is -2.46. The molecule has 1 saturated carbocycles. The summed E-state index contributed by atoms with van der Waals surface area (Å²) in [5, 5.41) is 17.0. The molecule has 0 radical (unpaired) electrons. The first-order valence-electron chi connectivity index (χ1n) is 6.55. The van der Waals surface area contributed by atoms with Gasteiger partial charge in [0.15, 0.2) is 0 Å². The maximum Gasteiger partial charge on any atom is 0.242 e. The molecule has 1 aromatic rings. The van der Waals surface area contributed by atoms with Crippen LogP contribution in [0.3, 0.4) is 0 Å². The molecule has 100 valence electrons. The predicted molar refractivity (Wildman–Crippen MR) is 68.1 cm³/mol. The van der Waals surface area contributed by atoms with Gasteiger partial charge in [0.1, 0.15) is 6.54 Å². The summed E-state index contributed by atoms with van der Waals surface area (Å²) >= 11 is 0. The number of rotatable bonds is 3. The summed E-state index contributed by atoms with van der Waals surface area (Å²) in [6.07, 6.45) is 3.37. The van der Waals surface area contributed by atoms with Crippen molar-refractivity contribution in [3.8, 4) is 0 Å². The predicted octanol–water partition coefficient (Wildman–Crippen LogP) is 0.920. The van der Waals surface area contributed by atoms with Gasteiger partial charge in [0, 0.05) is 5.69 Å². The summed E-state index contributed by atoms with van der Waals surface area (Å²) in [7, 11) is 0. The molecule has 0 aromatic carbocycles. The van der Waals surface area contributed by atoms with Crippen molar-refractivity contribution in [2.75, 3.05) is 0 Å². The third kappa shape index (κ3) is 3.10. The SMILES string of the molecule is Cc1cc(C)n(CC(=O)NC2CCCCC2O)n1. The molecule has 1 amide bonds. The Balaban J connectivity index is 1.90. The van der Waals surface area contributed by atoms with E-state index >= 15 is 0 Å². The Morgan fingerprint density at radius 1 is 1.50 bits per heavy atom. The minimum Gasteiger partial charge on any atom is -0.391 e. The van der Waals surface area contributed by atoms with Crippen LogP contribution in [0, 0.1) is 13.8 Å². The Labute approximate surface area is 107 Å². The molecule has 1 aliphatic carbocycles. The highest BCUT2D eigenvalue weighted by Crippen LogP contribution is 2.18. The van der Waals surface area contributed by atoms with Crippen molar-refractivity contribution in [3.05, 3.63) is 17.5 Å². The third-order valence-corrected chi connectivity index (χ3v) is 3.47. The van der Waals surface area contributed by atoms with Crippen LogP contribution in [-0.4, -0.2) is 32.9 Å².